The molecule has 0 aliphatic rings. The second-order valence-corrected chi connectivity index (χ2v) is 4.40. The van der Waals surface area contributed by atoms with E-state index < -0.39 is 19.2 Å². The van der Waals surface area contributed by atoms with Gasteiger partial charge in [0.05, 0.1) is 5.69 Å². The fourth-order valence-electron chi connectivity index (χ4n) is 1.87. The minimum Gasteiger partial charge on any atom is -0.423 e. The van der Waals surface area contributed by atoms with Crippen LogP contribution in [-0.4, -0.2) is 28.5 Å². The lowest BCUT2D eigenvalue weighted by atomic mass is 9.77. The number of pyridine rings is 1. The number of nitrogens with zero attached hydrogens (tertiary/aromatic N) is 1. The Bertz CT molecular complexity index is 647. The summed E-state index contributed by atoms with van der Waals surface area (Å²) in [7, 11) is -1.78. The third kappa shape index (κ3) is 3.96. The normalized spacial score (nSPS) is 11.3. The lowest BCUT2D eigenvalue weighted by Crippen LogP contribution is -2.32. The number of ether oxygens (including phenoxy) is 1. The molecule has 0 saturated heterocycles. The number of aryl methyl sites for hydroxylation is 1. The molecule has 0 saturated carbocycles. The van der Waals surface area contributed by atoms with E-state index >= 15 is 0 Å². The zero-order valence-corrected chi connectivity index (χ0v) is 10.9. The van der Waals surface area contributed by atoms with Gasteiger partial charge in [-0.2, -0.15) is 0 Å². The van der Waals surface area contributed by atoms with E-state index in [2.05, 4.69) is 9.72 Å². The summed E-state index contributed by atoms with van der Waals surface area (Å²) < 4.78 is 40.5. The van der Waals surface area contributed by atoms with Crippen LogP contribution in [0.4, 0.5) is 13.2 Å². The van der Waals surface area contributed by atoms with Crippen molar-refractivity contribution in [2.75, 3.05) is 0 Å². The van der Waals surface area contributed by atoms with Crippen LogP contribution in [0.1, 0.15) is 5.56 Å². The fraction of sp³-hybridized carbons (Fsp3) is 0.154. The molecule has 1 aromatic carbocycles. The minimum atomic E-state index is -4.79. The molecule has 2 rings (SSSR count). The first-order chi connectivity index (χ1) is 9.76. The molecule has 0 unspecified atom stereocenters. The van der Waals surface area contributed by atoms with E-state index in [9.17, 15) is 23.2 Å². The Hall–Kier alpha value is -2.06. The van der Waals surface area contributed by atoms with E-state index in [1.165, 1.54) is 24.4 Å². The maximum Gasteiger partial charge on any atom is 0.573 e. The second kappa shape index (κ2) is 5.75. The number of aromatic nitrogens is 1. The molecule has 0 spiro atoms. The van der Waals surface area contributed by atoms with Gasteiger partial charge in [0, 0.05) is 17.2 Å². The van der Waals surface area contributed by atoms with Crippen LogP contribution in [0.2, 0.25) is 0 Å². The van der Waals surface area contributed by atoms with E-state index in [0.29, 0.717) is 11.1 Å². The average molecular weight is 297 g/mol. The topological polar surface area (TPSA) is 62.6 Å². The van der Waals surface area contributed by atoms with E-state index in [1.807, 2.05) is 0 Å². The van der Waals surface area contributed by atoms with Gasteiger partial charge in [0.15, 0.2) is 0 Å². The number of hydrogen-bond acceptors (Lipinski definition) is 4. The molecule has 4 nitrogen and oxygen atoms in total. The standard InChI is InChI=1S/C13H11BF3NO3/c1-8-5-11(14(19)20)12(18-7-8)9-3-2-4-10(6-9)21-13(15,16)17/h2-7,19-20H,1H3. The first kappa shape index (κ1) is 15.3. The van der Waals surface area contributed by atoms with E-state index in [-0.39, 0.29) is 11.2 Å². The smallest absolute Gasteiger partial charge is 0.423 e. The quantitative estimate of drug-likeness (QED) is 0.845. The molecule has 21 heavy (non-hydrogen) atoms. The van der Waals surface area contributed by atoms with Crippen molar-refractivity contribution >= 4 is 12.6 Å². The van der Waals surface area contributed by atoms with Crippen molar-refractivity contribution in [3.8, 4) is 17.0 Å². The van der Waals surface area contributed by atoms with Crippen LogP contribution in [0, 0.1) is 6.92 Å². The van der Waals surface area contributed by atoms with Gasteiger partial charge in [-0.15, -0.1) is 13.2 Å². The highest BCUT2D eigenvalue weighted by Crippen LogP contribution is 2.26. The molecule has 110 valence electrons. The zero-order valence-electron chi connectivity index (χ0n) is 10.9. The molecule has 0 aliphatic carbocycles. The summed E-state index contributed by atoms with van der Waals surface area (Å²) in [5, 5.41) is 18.7. The van der Waals surface area contributed by atoms with Crippen molar-refractivity contribution in [1.29, 1.82) is 0 Å². The first-order valence-electron chi connectivity index (χ1n) is 5.95. The number of rotatable bonds is 3. The Labute approximate surface area is 119 Å². The van der Waals surface area contributed by atoms with Gasteiger partial charge >= 0.3 is 13.5 Å². The van der Waals surface area contributed by atoms with Crippen LogP contribution in [0.25, 0.3) is 11.3 Å². The predicted octanol–water partition coefficient (Wildman–Crippen LogP) is 1.64. The van der Waals surface area contributed by atoms with Crippen molar-refractivity contribution in [1.82, 2.24) is 4.98 Å². The van der Waals surface area contributed by atoms with Crippen molar-refractivity contribution in [3.05, 3.63) is 42.1 Å². The van der Waals surface area contributed by atoms with Crippen LogP contribution < -0.4 is 10.2 Å². The van der Waals surface area contributed by atoms with Crippen molar-refractivity contribution < 1.29 is 28.0 Å². The van der Waals surface area contributed by atoms with Gasteiger partial charge in [-0.1, -0.05) is 18.2 Å². The van der Waals surface area contributed by atoms with Gasteiger partial charge in [0.1, 0.15) is 5.75 Å². The third-order valence-electron chi connectivity index (χ3n) is 2.67. The highest BCUT2D eigenvalue weighted by atomic mass is 19.4. The van der Waals surface area contributed by atoms with Gasteiger partial charge in [0.25, 0.3) is 0 Å². The maximum atomic E-state index is 12.2. The summed E-state index contributed by atoms with van der Waals surface area (Å²) in [6.45, 7) is 1.71. The molecular weight excluding hydrogens is 286 g/mol. The van der Waals surface area contributed by atoms with E-state index in [0.717, 1.165) is 12.1 Å². The molecule has 1 aromatic heterocycles. The van der Waals surface area contributed by atoms with Crippen molar-refractivity contribution in [3.63, 3.8) is 0 Å². The lowest BCUT2D eigenvalue weighted by Gasteiger charge is -2.12. The second-order valence-electron chi connectivity index (χ2n) is 4.40. The van der Waals surface area contributed by atoms with Crippen LogP contribution in [0.5, 0.6) is 5.75 Å². The van der Waals surface area contributed by atoms with Crippen molar-refractivity contribution in [2.24, 2.45) is 0 Å². The molecule has 2 aromatic rings. The monoisotopic (exact) mass is 297 g/mol. The van der Waals surface area contributed by atoms with Crippen LogP contribution in [-0.2, 0) is 0 Å². The third-order valence-corrected chi connectivity index (χ3v) is 2.67. The molecule has 0 amide bonds. The van der Waals surface area contributed by atoms with Crippen molar-refractivity contribution in [2.45, 2.75) is 13.3 Å². The fourth-order valence-corrected chi connectivity index (χ4v) is 1.87. The summed E-state index contributed by atoms with van der Waals surface area (Å²) in [5.74, 6) is -0.402. The molecule has 0 bridgehead atoms. The highest BCUT2D eigenvalue weighted by Gasteiger charge is 2.31. The average Bonchev–Trinajstić information content (AvgIpc) is 2.36. The summed E-state index contributed by atoms with van der Waals surface area (Å²) in [5.41, 5.74) is 1.28. The zero-order chi connectivity index (χ0) is 15.6. The summed E-state index contributed by atoms with van der Waals surface area (Å²) in [6, 6.07) is 6.67. The molecule has 0 radical (unpaired) electrons. The summed E-state index contributed by atoms with van der Waals surface area (Å²) in [6.07, 6.45) is -3.31. The number of hydrogen-bond donors (Lipinski definition) is 2. The largest absolute Gasteiger partial charge is 0.573 e. The molecule has 0 fully saturated rings. The molecule has 8 heteroatoms. The Morgan fingerprint density at radius 3 is 2.52 bits per heavy atom. The highest BCUT2D eigenvalue weighted by molar-refractivity contribution is 6.60. The maximum absolute atomic E-state index is 12.2. The number of halogens is 3. The Balaban J connectivity index is 2.45. The van der Waals surface area contributed by atoms with Crippen LogP contribution in [0.3, 0.4) is 0 Å². The summed E-state index contributed by atoms with van der Waals surface area (Å²) in [4.78, 5) is 4.05. The lowest BCUT2D eigenvalue weighted by molar-refractivity contribution is -0.274. The first-order valence-corrected chi connectivity index (χ1v) is 5.95. The predicted molar refractivity (Wildman–Crippen MR) is 70.9 cm³/mol. The Kier molecular flexibility index (Phi) is 4.20. The molecule has 0 aliphatic heterocycles. The molecule has 1 heterocycles. The molecular formula is C13H11BF3NO3. The van der Waals surface area contributed by atoms with E-state index in [4.69, 9.17) is 0 Å². The Morgan fingerprint density at radius 1 is 1.19 bits per heavy atom. The minimum absolute atomic E-state index is 0.110. The van der Waals surface area contributed by atoms with Gasteiger partial charge in [-0.05, 0) is 24.6 Å². The number of benzene rings is 1. The van der Waals surface area contributed by atoms with Gasteiger partial charge in [-0.3, -0.25) is 4.98 Å². The van der Waals surface area contributed by atoms with Gasteiger partial charge in [0.2, 0.25) is 0 Å². The van der Waals surface area contributed by atoms with Crippen LogP contribution >= 0.6 is 0 Å². The van der Waals surface area contributed by atoms with Crippen LogP contribution in [0.15, 0.2) is 36.5 Å². The molecule has 2 N–H and O–H groups in total. The van der Waals surface area contributed by atoms with Gasteiger partial charge < -0.3 is 14.8 Å². The van der Waals surface area contributed by atoms with E-state index in [1.54, 1.807) is 6.92 Å². The SMILES string of the molecule is Cc1cnc(-c2cccc(OC(F)(F)F)c2)c(B(O)O)c1. The number of alkyl halides is 3. The van der Waals surface area contributed by atoms with Gasteiger partial charge in [-0.25, -0.2) is 0 Å². The summed E-state index contributed by atoms with van der Waals surface area (Å²) >= 11 is 0. The molecule has 0 atom stereocenters. The Morgan fingerprint density at radius 2 is 1.90 bits per heavy atom.